The molecule has 0 radical (unpaired) electrons. The Balaban J connectivity index is 0.000000194. The van der Waals surface area contributed by atoms with Gasteiger partial charge in [-0.05, 0) is 124 Å². The number of methoxy groups -OCH3 is 2. The number of hydrogen-bond acceptors (Lipinski definition) is 6. The summed E-state index contributed by atoms with van der Waals surface area (Å²) in [5.41, 5.74) is 5.79. The van der Waals surface area contributed by atoms with Crippen molar-refractivity contribution in [3.63, 3.8) is 0 Å². The first kappa shape index (κ1) is 39.2. The van der Waals surface area contributed by atoms with Crippen LogP contribution < -0.4 is 19.3 Å². The molecule has 0 saturated heterocycles. The number of thioether (sulfide) groups is 2. The molecule has 0 fully saturated rings. The lowest BCUT2D eigenvalue weighted by atomic mass is 9.82. The van der Waals surface area contributed by atoms with Crippen LogP contribution in [0.3, 0.4) is 0 Å². The van der Waals surface area contributed by atoms with E-state index in [4.69, 9.17) is 9.47 Å². The summed E-state index contributed by atoms with van der Waals surface area (Å²) < 4.78 is 13.3. The van der Waals surface area contributed by atoms with Gasteiger partial charge in [0.25, 0.3) is 0 Å². The zero-order valence-electron chi connectivity index (χ0n) is 30.4. The third-order valence-electron chi connectivity index (χ3n) is 10.3. The fourth-order valence-corrected chi connectivity index (χ4v) is 11.2. The fourth-order valence-electron chi connectivity index (χ4n) is 7.23. The third kappa shape index (κ3) is 8.95. The lowest BCUT2D eigenvalue weighted by molar-refractivity contribution is 0.301. The quantitative estimate of drug-likeness (QED) is 0.147. The van der Waals surface area contributed by atoms with E-state index in [-0.39, 0.29) is 0 Å². The summed E-state index contributed by atoms with van der Waals surface area (Å²) in [5, 5.41) is 0. The van der Waals surface area contributed by atoms with Crippen LogP contribution in [0.15, 0.2) is 99.2 Å². The standard InChI is InChI=1S/C21H26BrNOS.C21H26INOS/c2*1-4-11-21(5-2)14-23(16-9-7-6-8-10-16)18-12-17(22)19(24-3)13-20(18)25-15-21/h2*6-10,12-13H,4-5,11,14-15H2,1-3H3. The molecule has 0 saturated carbocycles. The van der Waals surface area contributed by atoms with E-state index in [1.807, 2.05) is 23.5 Å². The summed E-state index contributed by atoms with van der Waals surface area (Å²) in [5.74, 6) is 4.19. The Kier molecular flexibility index (Phi) is 14.2. The second-order valence-electron chi connectivity index (χ2n) is 13.5. The van der Waals surface area contributed by atoms with E-state index in [1.54, 1.807) is 14.2 Å². The molecule has 2 atom stereocenters. The topological polar surface area (TPSA) is 24.9 Å². The van der Waals surface area contributed by atoms with Crippen molar-refractivity contribution in [1.29, 1.82) is 0 Å². The summed E-state index contributed by atoms with van der Waals surface area (Å²) in [4.78, 5) is 7.65. The molecule has 4 nitrogen and oxygen atoms in total. The summed E-state index contributed by atoms with van der Waals surface area (Å²) >= 11 is 10.0. The van der Waals surface area contributed by atoms with Crippen molar-refractivity contribution in [1.82, 2.24) is 0 Å². The number of halogens is 2. The number of rotatable bonds is 10. The molecular formula is C42H52BrIN2O2S2. The van der Waals surface area contributed by atoms with E-state index in [0.717, 1.165) is 40.6 Å². The van der Waals surface area contributed by atoms with Crippen molar-refractivity contribution < 1.29 is 9.47 Å². The van der Waals surface area contributed by atoms with Crippen LogP contribution in [0, 0.1) is 14.4 Å². The number of para-hydroxylation sites is 2. The van der Waals surface area contributed by atoms with E-state index >= 15 is 0 Å². The Hall–Kier alpha value is -2.01. The normalized spacial score (nSPS) is 20.1. The van der Waals surface area contributed by atoms with Crippen LogP contribution in [-0.2, 0) is 0 Å². The average molecular weight is 888 g/mol. The summed E-state index contributed by atoms with van der Waals surface area (Å²) in [6, 6.07) is 30.5. The van der Waals surface area contributed by atoms with Gasteiger partial charge in [-0.25, -0.2) is 0 Å². The maximum absolute atomic E-state index is 5.58. The predicted octanol–water partition coefficient (Wildman–Crippen LogP) is 13.6. The molecule has 6 rings (SSSR count). The molecule has 0 spiro atoms. The second-order valence-corrected chi connectivity index (χ2v) is 17.6. The lowest BCUT2D eigenvalue weighted by Crippen LogP contribution is -2.35. The monoisotopic (exact) mass is 886 g/mol. The van der Waals surface area contributed by atoms with Gasteiger partial charge in [0.1, 0.15) is 11.5 Å². The molecule has 0 bridgehead atoms. The molecule has 0 amide bonds. The molecule has 2 heterocycles. The Morgan fingerprint density at radius 2 is 1.10 bits per heavy atom. The summed E-state index contributed by atoms with van der Waals surface area (Å²) in [6.45, 7) is 11.4. The minimum absolute atomic E-state index is 0.327. The molecule has 2 aliphatic rings. The molecule has 268 valence electrons. The zero-order valence-corrected chi connectivity index (χ0v) is 35.8. The average Bonchev–Trinajstić information content (AvgIpc) is 3.41. The molecule has 0 N–H and O–H groups in total. The van der Waals surface area contributed by atoms with Gasteiger partial charge in [-0.3, -0.25) is 0 Å². The highest BCUT2D eigenvalue weighted by Crippen LogP contribution is 2.50. The predicted molar refractivity (Wildman–Crippen MR) is 230 cm³/mol. The Morgan fingerprint density at radius 1 is 0.660 bits per heavy atom. The van der Waals surface area contributed by atoms with E-state index < -0.39 is 0 Å². The first-order chi connectivity index (χ1) is 24.2. The van der Waals surface area contributed by atoms with Crippen LogP contribution in [0.4, 0.5) is 22.7 Å². The smallest absolute Gasteiger partial charge is 0.134 e. The maximum atomic E-state index is 5.58. The number of benzene rings is 4. The third-order valence-corrected chi connectivity index (χ3v) is 14.6. The minimum atomic E-state index is 0.327. The Bertz CT molecular complexity index is 1570. The van der Waals surface area contributed by atoms with Gasteiger partial charge in [-0.2, -0.15) is 0 Å². The second kappa shape index (κ2) is 18.2. The van der Waals surface area contributed by atoms with E-state index in [1.165, 1.54) is 74.6 Å². The van der Waals surface area contributed by atoms with Gasteiger partial charge in [0.05, 0.1) is 33.6 Å². The first-order valence-corrected chi connectivity index (χ1v) is 21.7. The SMILES string of the molecule is CCCC1(CC)CSc2cc(OC)c(Br)cc2N(c2ccccc2)C1.CCCC1(CC)CSc2cc(OC)c(I)cc2N(c2ccccc2)C1. The molecule has 2 aliphatic heterocycles. The highest BCUT2D eigenvalue weighted by molar-refractivity contribution is 14.1. The number of ether oxygens (including phenoxy) is 2. The highest BCUT2D eigenvalue weighted by atomic mass is 127. The first-order valence-electron chi connectivity index (χ1n) is 17.9. The van der Waals surface area contributed by atoms with Crippen LogP contribution in [0.25, 0.3) is 0 Å². The van der Waals surface area contributed by atoms with Crippen LogP contribution >= 0.6 is 62.0 Å². The zero-order chi connectivity index (χ0) is 35.7. The molecule has 0 aromatic heterocycles. The Labute approximate surface area is 331 Å². The molecule has 4 aromatic rings. The number of hydrogen-bond donors (Lipinski definition) is 0. The highest BCUT2D eigenvalue weighted by Gasteiger charge is 2.36. The van der Waals surface area contributed by atoms with Crippen molar-refractivity contribution >= 4 is 84.8 Å². The van der Waals surface area contributed by atoms with Gasteiger partial charge in [0.15, 0.2) is 0 Å². The van der Waals surface area contributed by atoms with Crippen LogP contribution in [0.5, 0.6) is 11.5 Å². The maximum Gasteiger partial charge on any atom is 0.134 e. The molecule has 2 unspecified atom stereocenters. The van der Waals surface area contributed by atoms with E-state index in [2.05, 4.69) is 161 Å². The van der Waals surface area contributed by atoms with E-state index in [0.29, 0.717) is 10.8 Å². The van der Waals surface area contributed by atoms with Crippen molar-refractivity contribution in [2.75, 3.05) is 48.6 Å². The van der Waals surface area contributed by atoms with Crippen LogP contribution in [0.2, 0.25) is 0 Å². The molecule has 50 heavy (non-hydrogen) atoms. The molecule has 4 aromatic carbocycles. The Morgan fingerprint density at radius 3 is 1.52 bits per heavy atom. The fraction of sp³-hybridized carbons (Fsp3) is 0.429. The van der Waals surface area contributed by atoms with Crippen molar-refractivity contribution in [2.45, 2.75) is 76.0 Å². The van der Waals surface area contributed by atoms with Crippen molar-refractivity contribution in [2.24, 2.45) is 10.8 Å². The number of nitrogens with zero attached hydrogens (tertiary/aromatic N) is 2. The van der Waals surface area contributed by atoms with Gasteiger partial charge in [0.2, 0.25) is 0 Å². The lowest BCUT2D eigenvalue weighted by Gasteiger charge is -2.36. The number of fused-ring (bicyclic) bond motifs is 2. The van der Waals surface area contributed by atoms with Gasteiger partial charge < -0.3 is 19.3 Å². The van der Waals surface area contributed by atoms with Crippen molar-refractivity contribution in [3.05, 3.63) is 93.0 Å². The van der Waals surface area contributed by atoms with Gasteiger partial charge in [-0.1, -0.05) is 76.9 Å². The summed E-state index contributed by atoms with van der Waals surface area (Å²) in [6.07, 6.45) is 7.38. The number of anilines is 4. The van der Waals surface area contributed by atoms with E-state index in [9.17, 15) is 0 Å². The van der Waals surface area contributed by atoms with Crippen LogP contribution in [0.1, 0.15) is 66.2 Å². The summed E-state index contributed by atoms with van der Waals surface area (Å²) in [7, 11) is 3.49. The van der Waals surface area contributed by atoms with Gasteiger partial charge in [-0.15, -0.1) is 23.5 Å². The largest absolute Gasteiger partial charge is 0.496 e. The van der Waals surface area contributed by atoms with Crippen molar-refractivity contribution in [3.8, 4) is 11.5 Å². The van der Waals surface area contributed by atoms with Gasteiger partial charge in [0, 0.05) is 45.8 Å². The molecule has 8 heteroatoms. The minimum Gasteiger partial charge on any atom is -0.496 e. The van der Waals surface area contributed by atoms with Crippen LogP contribution in [-0.4, -0.2) is 38.8 Å². The molecule has 0 aliphatic carbocycles. The molecular weight excluding hydrogens is 835 g/mol. The van der Waals surface area contributed by atoms with Gasteiger partial charge >= 0.3 is 0 Å².